The van der Waals surface area contributed by atoms with E-state index in [2.05, 4.69) is 31.5 Å². The van der Waals surface area contributed by atoms with Crippen molar-refractivity contribution in [3.63, 3.8) is 0 Å². The molecule has 0 aliphatic rings. The molecule has 0 atom stereocenters. The molecule has 0 saturated heterocycles. The number of hydrogen-bond acceptors (Lipinski definition) is 3. The highest BCUT2D eigenvalue weighted by Gasteiger charge is 2.01. The van der Waals surface area contributed by atoms with Gasteiger partial charge in [0.15, 0.2) is 0 Å². The highest BCUT2D eigenvalue weighted by Crippen LogP contribution is 2.23. The highest BCUT2D eigenvalue weighted by atomic mass is 79.9. The van der Waals surface area contributed by atoms with Crippen molar-refractivity contribution in [2.75, 3.05) is 17.7 Å². The van der Waals surface area contributed by atoms with Crippen LogP contribution in [0.4, 0.5) is 21.5 Å². The molecule has 17 heavy (non-hydrogen) atoms. The van der Waals surface area contributed by atoms with Crippen molar-refractivity contribution in [2.45, 2.75) is 0 Å². The van der Waals surface area contributed by atoms with Crippen LogP contribution in [0.5, 0.6) is 0 Å². The Bertz CT molecular complexity index is 531. The number of aromatic nitrogens is 1. The zero-order valence-electron chi connectivity index (χ0n) is 9.17. The van der Waals surface area contributed by atoms with Gasteiger partial charge in [0.05, 0.1) is 28.2 Å². The first kappa shape index (κ1) is 11.9. The lowest BCUT2D eigenvalue weighted by Gasteiger charge is -2.08. The quantitative estimate of drug-likeness (QED) is 0.905. The molecule has 2 rings (SSSR count). The molecule has 0 bridgehead atoms. The van der Waals surface area contributed by atoms with Gasteiger partial charge in [-0.05, 0) is 40.2 Å². The molecule has 0 fully saturated rings. The fourth-order valence-corrected chi connectivity index (χ4v) is 1.63. The van der Waals surface area contributed by atoms with Gasteiger partial charge in [0.25, 0.3) is 0 Å². The Morgan fingerprint density at radius 1 is 1.12 bits per heavy atom. The molecular weight excluding hydrogens is 285 g/mol. The van der Waals surface area contributed by atoms with Crippen LogP contribution in [0, 0.1) is 5.82 Å². The van der Waals surface area contributed by atoms with E-state index < -0.39 is 0 Å². The minimum atomic E-state index is -0.298. The van der Waals surface area contributed by atoms with Gasteiger partial charge in [-0.3, -0.25) is 4.98 Å². The van der Waals surface area contributed by atoms with E-state index >= 15 is 0 Å². The van der Waals surface area contributed by atoms with Gasteiger partial charge in [-0.25, -0.2) is 4.39 Å². The maximum absolute atomic E-state index is 13.3. The average Bonchev–Trinajstić information content (AvgIpc) is 2.34. The molecule has 1 heterocycles. The predicted octanol–water partition coefficient (Wildman–Crippen LogP) is 3.77. The summed E-state index contributed by atoms with van der Waals surface area (Å²) in [6.45, 7) is 0. The smallest absolute Gasteiger partial charge is 0.139 e. The Kier molecular flexibility index (Phi) is 3.58. The Labute approximate surface area is 107 Å². The third kappa shape index (κ3) is 2.94. The lowest BCUT2D eigenvalue weighted by Crippen LogP contribution is -1.95. The number of rotatable bonds is 3. The maximum atomic E-state index is 13.3. The van der Waals surface area contributed by atoms with Crippen molar-refractivity contribution in [2.24, 2.45) is 0 Å². The molecule has 2 N–H and O–H groups in total. The Balaban J connectivity index is 2.22. The van der Waals surface area contributed by atoms with Gasteiger partial charge in [-0.2, -0.15) is 0 Å². The topological polar surface area (TPSA) is 37.0 Å². The second-order valence-corrected chi connectivity index (χ2v) is 4.32. The van der Waals surface area contributed by atoms with E-state index in [0.29, 0.717) is 10.2 Å². The summed E-state index contributed by atoms with van der Waals surface area (Å²) in [6, 6.07) is 6.77. The lowest BCUT2D eigenvalue weighted by molar-refractivity contribution is 0.622. The summed E-state index contributed by atoms with van der Waals surface area (Å²) in [5.41, 5.74) is 2.38. The van der Waals surface area contributed by atoms with E-state index in [9.17, 15) is 4.39 Å². The molecule has 2 aromatic rings. The van der Waals surface area contributed by atoms with Gasteiger partial charge in [0.2, 0.25) is 0 Å². The van der Waals surface area contributed by atoms with Crippen molar-refractivity contribution < 1.29 is 4.39 Å². The molecule has 0 saturated carbocycles. The van der Waals surface area contributed by atoms with Crippen molar-refractivity contribution in [1.29, 1.82) is 0 Å². The molecule has 0 spiro atoms. The van der Waals surface area contributed by atoms with E-state index in [-0.39, 0.29) is 5.82 Å². The van der Waals surface area contributed by atoms with Crippen molar-refractivity contribution >= 4 is 33.0 Å². The number of pyridine rings is 1. The molecule has 0 amide bonds. The fraction of sp³-hybridized carbons (Fsp3) is 0.0833. The molecule has 88 valence electrons. The molecule has 0 unspecified atom stereocenters. The zero-order chi connectivity index (χ0) is 12.3. The summed E-state index contributed by atoms with van der Waals surface area (Å²) < 4.78 is 13.8. The Morgan fingerprint density at radius 3 is 2.59 bits per heavy atom. The second-order valence-electron chi connectivity index (χ2n) is 3.47. The zero-order valence-corrected chi connectivity index (χ0v) is 10.8. The van der Waals surface area contributed by atoms with Gasteiger partial charge in [0.1, 0.15) is 5.82 Å². The van der Waals surface area contributed by atoms with Crippen LogP contribution < -0.4 is 10.6 Å². The highest BCUT2D eigenvalue weighted by molar-refractivity contribution is 9.10. The summed E-state index contributed by atoms with van der Waals surface area (Å²) in [6.07, 6.45) is 3.40. The number of halogens is 2. The minimum Gasteiger partial charge on any atom is -0.387 e. The van der Waals surface area contributed by atoms with Crippen LogP contribution in [-0.2, 0) is 0 Å². The molecule has 1 aromatic heterocycles. The third-order valence-corrected chi connectivity index (χ3v) is 2.88. The van der Waals surface area contributed by atoms with Crippen LogP contribution in [0.2, 0.25) is 0 Å². The largest absolute Gasteiger partial charge is 0.387 e. The Morgan fingerprint density at radius 2 is 1.88 bits per heavy atom. The van der Waals surface area contributed by atoms with Gasteiger partial charge in [0, 0.05) is 12.7 Å². The Hall–Kier alpha value is -1.62. The summed E-state index contributed by atoms with van der Waals surface area (Å²) in [5.74, 6) is -0.298. The minimum absolute atomic E-state index is 0.298. The molecular formula is C12H11BrFN3. The van der Waals surface area contributed by atoms with Gasteiger partial charge in [-0.15, -0.1) is 0 Å². The summed E-state index contributed by atoms with van der Waals surface area (Å²) in [5, 5.41) is 6.07. The summed E-state index contributed by atoms with van der Waals surface area (Å²) in [4.78, 5) is 4.06. The van der Waals surface area contributed by atoms with Crippen LogP contribution in [0.15, 0.2) is 41.1 Å². The molecule has 0 aliphatic heterocycles. The van der Waals surface area contributed by atoms with Gasteiger partial charge >= 0.3 is 0 Å². The molecule has 1 aromatic carbocycles. The molecule has 5 heteroatoms. The van der Waals surface area contributed by atoms with Gasteiger partial charge in [-0.1, -0.05) is 0 Å². The first-order valence-electron chi connectivity index (χ1n) is 5.04. The van der Waals surface area contributed by atoms with E-state index in [1.54, 1.807) is 24.5 Å². The van der Waals surface area contributed by atoms with E-state index in [0.717, 1.165) is 11.4 Å². The normalized spacial score (nSPS) is 10.1. The number of hydrogen-bond donors (Lipinski definition) is 2. The van der Waals surface area contributed by atoms with E-state index in [1.165, 1.54) is 6.07 Å². The first-order chi connectivity index (χ1) is 8.19. The molecule has 3 nitrogen and oxygen atoms in total. The monoisotopic (exact) mass is 295 g/mol. The van der Waals surface area contributed by atoms with Crippen LogP contribution in [0.3, 0.4) is 0 Å². The SMILES string of the molecule is CNc1cncc(Nc2ccc(Br)c(F)c2)c1. The molecule has 0 aliphatic carbocycles. The number of nitrogens with one attached hydrogen (secondary N) is 2. The maximum Gasteiger partial charge on any atom is 0.139 e. The van der Waals surface area contributed by atoms with Gasteiger partial charge < -0.3 is 10.6 Å². The summed E-state index contributed by atoms with van der Waals surface area (Å²) in [7, 11) is 1.82. The van der Waals surface area contributed by atoms with Crippen LogP contribution in [-0.4, -0.2) is 12.0 Å². The number of benzene rings is 1. The van der Waals surface area contributed by atoms with Crippen molar-refractivity contribution in [1.82, 2.24) is 4.98 Å². The van der Waals surface area contributed by atoms with Crippen molar-refractivity contribution in [3.05, 3.63) is 46.9 Å². The first-order valence-corrected chi connectivity index (χ1v) is 5.83. The standard InChI is InChI=1S/C12H11BrFN3/c1-15-9-4-10(7-16-6-9)17-8-2-3-11(13)12(14)5-8/h2-7,15,17H,1H3. The van der Waals surface area contributed by atoms with Crippen molar-refractivity contribution in [3.8, 4) is 0 Å². The summed E-state index contributed by atoms with van der Waals surface area (Å²) >= 11 is 3.11. The fourth-order valence-electron chi connectivity index (χ4n) is 1.39. The lowest BCUT2D eigenvalue weighted by atomic mass is 10.3. The number of nitrogens with zero attached hydrogens (tertiary/aromatic N) is 1. The van der Waals surface area contributed by atoms with Crippen LogP contribution in [0.25, 0.3) is 0 Å². The van der Waals surface area contributed by atoms with Crippen LogP contribution in [0.1, 0.15) is 0 Å². The molecule has 0 radical (unpaired) electrons. The number of anilines is 3. The second kappa shape index (κ2) is 5.14. The predicted molar refractivity (Wildman–Crippen MR) is 71.2 cm³/mol. The van der Waals surface area contributed by atoms with E-state index in [1.807, 2.05) is 13.1 Å². The average molecular weight is 296 g/mol. The third-order valence-electron chi connectivity index (χ3n) is 2.24. The van der Waals surface area contributed by atoms with Crippen LogP contribution >= 0.6 is 15.9 Å². The van der Waals surface area contributed by atoms with E-state index in [4.69, 9.17) is 0 Å².